The van der Waals surface area contributed by atoms with Crippen molar-refractivity contribution < 1.29 is 4.79 Å². The molecule has 1 heterocycles. The van der Waals surface area contributed by atoms with Crippen molar-refractivity contribution in [2.75, 3.05) is 20.6 Å². The first kappa shape index (κ1) is 19.6. The number of H-pyrrole nitrogens is 1. The van der Waals surface area contributed by atoms with E-state index in [9.17, 15) is 14.4 Å². The zero-order chi connectivity index (χ0) is 20.3. The third kappa shape index (κ3) is 4.04. The molecule has 0 bridgehead atoms. The number of amides is 1. The molecule has 28 heavy (non-hydrogen) atoms. The number of aryl methyl sites for hydroxylation is 1. The van der Waals surface area contributed by atoms with E-state index in [1.54, 1.807) is 25.1 Å². The maximum absolute atomic E-state index is 12.9. The quantitative estimate of drug-likeness (QED) is 0.638. The summed E-state index contributed by atoms with van der Waals surface area (Å²) in [5, 5.41) is 3.06. The molecule has 1 amide bonds. The Kier molecular flexibility index (Phi) is 5.75. The Bertz CT molecular complexity index is 1100. The number of hydrogen-bond acceptors (Lipinski definition) is 4. The van der Waals surface area contributed by atoms with E-state index in [0.29, 0.717) is 29.7 Å². The minimum atomic E-state index is -0.693. The van der Waals surface area contributed by atoms with Crippen LogP contribution in [0.1, 0.15) is 28.9 Å². The average molecular weight is 380 g/mol. The van der Waals surface area contributed by atoms with E-state index in [1.807, 2.05) is 49.3 Å². The smallest absolute Gasteiger partial charge is 0.316 e. The van der Waals surface area contributed by atoms with Crippen LogP contribution in [0.15, 0.2) is 58.1 Å². The summed E-state index contributed by atoms with van der Waals surface area (Å²) in [5.41, 5.74) is 1.20. The molecule has 0 radical (unpaired) electrons. The minimum Gasteiger partial charge on any atom is -0.344 e. The van der Waals surface area contributed by atoms with Gasteiger partial charge in [-0.3, -0.25) is 14.4 Å². The highest BCUT2D eigenvalue weighted by Gasteiger charge is 2.17. The van der Waals surface area contributed by atoms with Crippen molar-refractivity contribution in [1.82, 2.24) is 19.8 Å². The number of benzene rings is 2. The van der Waals surface area contributed by atoms with E-state index in [-0.39, 0.29) is 11.9 Å². The van der Waals surface area contributed by atoms with Gasteiger partial charge in [-0.05, 0) is 44.8 Å². The monoisotopic (exact) mass is 380 g/mol. The van der Waals surface area contributed by atoms with E-state index in [4.69, 9.17) is 0 Å². The fourth-order valence-electron chi connectivity index (χ4n) is 3.26. The van der Waals surface area contributed by atoms with Crippen LogP contribution in [0.5, 0.6) is 0 Å². The SMILES string of the molecule is CCn1c(=O)c(=O)[nH]c2cc(C(=O)NC(CN(C)C)c3ccccc3)ccc21. The number of hydrogen-bond donors (Lipinski definition) is 2. The third-order valence-electron chi connectivity index (χ3n) is 4.61. The van der Waals surface area contributed by atoms with Crippen molar-refractivity contribution in [2.24, 2.45) is 0 Å². The van der Waals surface area contributed by atoms with Gasteiger partial charge in [-0.15, -0.1) is 0 Å². The molecule has 3 aromatic rings. The van der Waals surface area contributed by atoms with Crippen LogP contribution in [0.25, 0.3) is 11.0 Å². The lowest BCUT2D eigenvalue weighted by Crippen LogP contribution is -2.36. The van der Waals surface area contributed by atoms with Crippen LogP contribution in [0.3, 0.4) is 0 Å². The summed E-state index contributed by atoms with van der Waals surface area (Å²) in [5.74, 6) is -0.243. The van der Waals surface area contributed by atoms with Crippen molar-refractivity contribution in [1.29, 1.82) is 0 Å². The van der Waals surface area contributed by atoms with Crippen molar-refractivity contribution in [3.05, 3.63) is 80.4 Å². The highest BCUT2D eigenvalue weighted by atomic mass is 16.2. The molecule has 0 fully saturated rings. The molecular formula is C21H24N4O3. The minimum absolute atomic E-state index is 0.178. The lowest BCUT2D eigenvalue weighted by Gasteiger charge is -2.23. The first-order valence-electron chi connectivity index (χ1n) is 9.18. The van der Waals surface area contributed by atoms with Crippen LogP contribution in [-0.4, -0.2) is 41.0 Å². The summed E-state index contributed by atoms with van der Waals surface area (Å²) < 4.78 is 1.40. The van der Waals surface area contributed by atoms with Crippen LogP contribution >= 0.6 is 0 Å². The van der Waals surface area contributed by atoms with E-state index < -0.39 is 11.1 Å². The fourth-order valence-corrected chi connectivity index (χ4v) is 3.26. The molecule has 3 rings (SSSR count). The Morgan fingerprint density at radius 2 is 1.86 bits per heavy atom. The molecule has 1 aromatic heterocycles. The summed E-state index contributed by atoms with van der Waals surface area (Å²) in [6.07, 6.45) is 0. The summed E-state index contributed by atoms with van der Waals surface area (Å²) in [6.45, 7) is 2.83. The molecule has 2 aromatic carbocycles. The maximum Gasteiger partial charge on any atom is 0.316 e. The second kappa shape index (κ2) is 8.22. The molecule has 2 N–H and O–H groups in total. The number of carbonyl (C=O) groups is 1. The summed E-state index contributed by atoms with van der Waals surface area (Å²) >= 11 is 0. The second-order valence-electron chi connectivity index (χ2n) is 6.93. The fraction of sp³-hybridized carbons (Fsp3) is 0.286. The van der Waals surface area contributed by atoms with Gasteiger partial charge in [0.2, 0.25) is 0 Å². The standard InChI is InChI=1S/C21H24N4O3/c1-4-25-18-11-10-15(12-16(18)22-20(27)21(25)28)19(26)23-17(13-24(2)3)14-8-6-5-7-9-14/h5-12,17H,4,13H2,1-3H3,(H,22,27)(H,23,26). The molecular weight excluding hydrogens is 356 g/mol. The van der Waals surface area contributed by atoms with E-state index in [1.165, 1.54) is 4.57 Å². The number of likely N-dealkylation sites (N-methyl/N-ethyl adjacent to an activating group) is 1. The number of carbonyl (C=O) groups excluding carboxylic acids is 1. The summed E-state index contributed by atoms with van der Waals surface area (Å²) in [6, 6.07) is 14.6. The number of rotatable bonds is 6. The zero-order valence-electron chi connectivity index (χ0n) is 16.2. The number of aromatic amines is 1. The van der Waals surface area contributed by atoms with E-state index in [0.717, 1.165) is 5.56 Å². The topological polar surface area (TPSA) is 87.2 Å². The molecule has 1 unspecified atom stereocenters. The van der Waals surface area contributed by atoms with Crippen LogP contribution in [0.4, 0.5) is 0 Å². The van der Waals surface area contributed by atoms with Gasteiger partial charge in [0.25, 0.3) is 5.91 Å². The van der Waals surface area contributed by atoms with Gasteiger partial charge in [-0.2, -0.15) is 0 Å². The molecule has 146 valence electrons. The average Bonchev–Trinajstić information content (AvgIpc) is 2.68. The van der Waals surface area contributed by atoms with Crippen molar-refractivity contribution in [3.63, 3.8) is 0 Å². The van der Waals surface area contributed by atoms with Crippen molar-refractivity contribution >= 4 is 16.9 Å². The highest BCUT2D eigenvalue weighted by molar-refractivity contribution is 5.97. The number of nitrogens with zero attached hydrogens (tertiary/aromatic N) is 2. The molecule has 0 aliphatic carbocycles. The van der Waals surface area contributed by atoms with Gasteiger partial charge in [-0.25, -0.2) is 0 Å². The van der Waals surface area contributed by atoms with Gasteiger partial charge in [0.05, 0.1) is 17.1 Å². The molecule has 1 atom stereocenters. The number of aromatic nitrogens is 2. The Hall–Kier alpha value is -3.19. The predicted octanol–water partition coefficient (Wildman–Crippen LogP) is 1.74. The molecule has 0 saturated heterocycles. The first-order valence-corrected chi connectivity index (χ1v) is 9.18. The van der Waals surface area contributed by atoms with Gasteiger partial charge in [0.1, 0.15) is 0 Å². The van der Waals surface area contributed by atoms with Gasteiger partial charge in [0.15, 0.2) is 0 Å². The number of nitrogens with one attached hydrogen (secondary N) is 2. The molecule has 0 spiro atoms. The summed E-state index contributed by atoms with van der Waals surface area (Å²) in [4.78, 5) is 41.3. The second-order valence-corrected chi connectivity index (χ2v) is 6.93. The Labute approximate surface area is 162 Å². The predicted molar refractivity (Wildman–Crippen MR) is 110 cm³/mol. The van der Waals surface area contributed by atoms with Crippen LogP contribution < -0.4 is 16.4 Å². The first-order chi connectivity index (χ1) is 13.4. The highest BCUT2D eigenvalue weighted by Crippen LogP contribution is 2.16. The molecule has 0 aliphatic heterocycles. The van der Waals surface area contributed by atoms with Gasteiger partial charge < -0.3 is 19.8 Å². The van der Waals surface area contributed by atoms with Crippen LogP contribution in [0.2, 0.25) is 0 Å². The Morgan fingerprint density at radius 1 is 1.14 bits per heavy atom. The van der Waals surface area contributed by atoms with Crippen LogP contribution in [0, 0.1) is 0 Å². The van der Waals surface area contributed by atoms with Crippen molar-refractivity contribution in [2.45, 2.75) is 19.5 Å². The van der Waals surface area contributed by atoms with Gasteiger partial charge >= 0.3 is 11.1 Å². The Morgan fingerprint density at radius 3 is 2.50 bits per heavy atom. The molecule has 7 heteroatoms. The zero-order valence-corrected chi connectivity index (χ0v) is 16.2. The van der Waals surface area contributed by atoms with E-state index in [2.05, 4.69) is 10.3 Å². The Balaban J connectivity index is 1.95. The molecule has 0 saturated carbocycles. The van der Waals surface area contributed by atoms with Crippen LogP contribution in [-0.2, 0) is 6.54 Å². The number of fused-ring (bicyclic) bond motifs is 1. The van der Waals surface area contributed by atoms with Gasteiger partial charge in [0, 0.05) is 18.7 Å². The maximum atomic E-state index is 12.9. The largest absolute Gasteiger partial charge is 0.344 e. The molecule has 7 nitrogen and oxygen atoms in total. The molecule has 0 aliphatic rings. The third-order valence-corrected chi connectivity index (χ3v) is 4.61. The lowest BCUT2D eigenvalue weighted by molar-refractivity contribution is 0.0930. The van der Waals surface area contributed by atoms with Gasteiger partial charge in [-0.1, -0.05) is 30.3 Å². The van der Waals surface area contributed by atoms with Crippen molar-refractivity contribution in [3.8, 4) is 0 Å². The lowest BCUT2D eigenvalue weighted by atomic mass is 10.1. The normalized spacial score (nSPS) is 12.3. The van der Waals surface area contributed by atoms with E-state index >= 15 is 0 Å². The summed E-state index contributed by atoms with van der Waals surface area (Å²) in [7, 11) is 3.90.